The van der Waals surface area contributed by atoms with Crippen molar-refractivity contribution in [2.75, 3.05) is 16.9 Å². The van der Waals surface area contributed by atoms with Crippen LogP contribution in [0, 0.1) is 17.0 Å². The molecule has 2 N–H and O–H groups in total. The number of amides is 1. The summed E-state index contributed by atoms with van der Waals surface area (Å²) >= 11 is 0. The van der Waals surface area contributed by atoms with Crippen LogP contribution in [0.1, 0.15) is 22.8 Å². The predicted molar refractivity (Wildman–Crippen MR) is 128 cm³/mol. The van der Waals surface area contributed by atoms with Crippen LogP contribution in [0.25, 0.3) is 10.8 Å². The molecule has 166 valence electrons. The zero-order valence-electron chi connectivity index (χ0n) is 18.1. The van der Waals surface area contributed by atoms with Gasteiger partial charge in [0.05, 0.1) is 10.6 Å². The summed E-state index contributed by atoms with van der Waals surface area (Å²) in [5.41, 5.74) is 6.96. The maximum atomic E-state index is 12.5. The highest BCUT2D eigenvalue weighted by Gasteiger charge is 2.28. The number of aromatic nitrogens is 2. The van der Waals surface area contributed by atoms with Crippen LogP contribution in [0.4, 0.5) is 23.0 Å². The van der Waals surface area contributed by atoms with Crippen molar-refractivity contribution < 1.29 is 9.72 Å². The van der Waals surface area contributed by atoms with Gasteiger partial charge in [-0.25, -0.2) is 9.97 Å². The lowest BCUT2D eigenvalue weighted by Gasteiger charge is -2.24. The van der Waals surface area contributed by atoms with Crippen LogP contribution in [0.3, 0.4) is 0 Å². The average Bonchev–Trinajstić information content (AvgIpc) is 2.83. The number of carbonyl (C=O) groups is 1. The van der Waals surface area contributed by atoms with E-state index in [1.807, 2.05) is 68.4 Å². The standard InChI is InChI=1S/C24H22N6O3/c1-3-29(20-10-6-8-17-7-4-5-9-19(17)20)23-21(30(32)33)22(25-15-26-23)27-28-24(31)18-13-11-16(2)12-14-18/h4-15H,3H2,1-2H3,(H,28,31)(H,25,26,27). The Labute approximate surface area is 190 Å². The second kappa shape index (κ2) is 9.31. The molecule has 0 saturated heterocycles. The first-order valence-electron chi connectivity index (χ1n) is 10.4. The van der Waals surface area contributed by atoms with Crippen LogP contribution in [-0.2, 0) is 0 Å². The van der Waals surface area contributed by atoms with Gasteiger partial charge in [-0.05, 0) is 37.4 Å². The summed E-state index contributed by atoms with van der Waals surface area (Å²) in [5.74, 6) is -0.420. The number of benzene rings is 3. The van der Waals surface area contributed by atoms with Gasteiger partial charge in [0.1, 0.15) is 6.33 Å². The first kappa shape index (κ1) is 21.7. The van der Waals surface area contributed by atoms with Gasteiger partial charge in [-0.2, -0.15) is 0 Å². The van der Waals surface area contributed by atoms with Crippen molar-refractivity contribution in [1.29, 1.82) is 0 Å². The minimum absolute atomic E-state index is 0.107. The van der Waals surface area contributed by atoms with Crippen molar-refractivity contribution in [3.63, 3.8) is 0 Å². The van der Waals surface area contributed by atoms with Crippen LogP contribution < -0.4 is 15.8 Å². The maximum absolute atomic E-state index is 12.5. The van der Waals surface area contributed by atoms with E-state index < -0.39 is 10.8 Å². The number of carbonyl (C=O) groups excluding carboxylic acids is 1. The summed E-state index contributed by atoms with van der Waals surface area (Å²) in [4.78, 5) is 34.0. The van der Waals surface area contributed by atoms with Crippen molar-refractivity contribution >= 4 is 39.7 Å². The molecular weight excluding hydrogens is 420 g/mol. The topological polar surface area (TPSA) is 113 Å². The van der Waals surface area contributed by atoms with Gasteiger partial charge in [-0.3, -0.25) is 25.8 Å². The molecule has 0 aliphatic carbocycles. The molecule has 1 heterocycles. The third-order valence-corrected chi connectivity index (χ3v) is 5.22. The largest absolute Gasteiger partial charge is 0.355 e. The molecule has 4 rings (SSSR count). The molecule has 0 fully saturated rings. The van der Waals surface area contributed by atoms with Gasteiger partial charge in [0.2, 0.25) is 11.6 Å². The maximum Gasteiger partial charge on any atom is 0.355 e. The van der Waals surface area contributed by atoms with Crippen molar-refractivity contribution in [3.8, 4) is 0 Å². The molecule has 0 unspecified atom stereocenters. The Morgan fingerprint density at radius 3 is 2.48 bits per heavy atom. The molecule has 0 radical (unpaired) electrons. The number of fused-ring (bicyclic) bond motifs is 1. The summed E-state index contributed by atoms with van der Waals surface area (Å²) < 4.78 is 0. The van der Waals surface area contributed by atoms with E-state index in [1.54, 1.807) is 17.0 Å². The van der Waals surface area contributed by atoms with Gasteiger partial charge in [0.15, 0.2) is 0 Å². The Morgan fingerprint density at radius 2 is 1.76 bits per heavy atom. The van der Waals surface area contributed by atoms with E-state index in [1.165, 1.54) is 6.33 Å². The highest BCUT2D eigenvalue weighted by atomic mass is 16.6. The third-order valence-electron chi connectivity index (χ3n) is 5.22. The predicted octanol–water partition coefficient (Wildman–Crippen LogP) is 4.76. The SMILES string of the molecule is CCN(c1ncnc(NNC(=O)c2ccc(C)cc2)c1[N+](=O)[O-])c1cccc2ccccc12. The molecule has 9 heteroatoms. The van der Waals surface area contributed by atoms with Gasteiger partial charge in [0, 0.05) is 17.5 Å². The molecule has 33 heavy (non-hydrogen) atoms. The summed E-state index contributed by atoms with van der Waals surface area (Å²) in [7, 11) is 0. The van der Waals surface area contributed by atoms with Gasteiger partial charge < -0.3 is 4.90 Å². The number of nitrogens with zero attached hydrogens (tertiary/aromatic N) is 4. The lowest BCUT2D eigenvalue weighted by atomic mass is 10.1. The van der Waals surface area contributed by atoms with Crippen LogP contribution in [0.15, 0.2) is 73.1 Å². The Bertz CT molecular complexity index is 1320. The van der Waals surface area contributed by atoms with Gasteiger partial charge in [-0.15, -0.1) is 0 Å². The Kier molecular flexibility index (Phi) is 6.12. The average molecular weight is 442 g/mol. The number of nitrogens with one attached hydrogen (secondary N) is 2. The fraction of sp³-hybridized carbons (Fsp3) is 0.125. The van der Waals surface area contributed by atoms with Crippen molar-refractivity contribution in [3.05, 3.63) is 94.3 Å². The molecule has 9 nitrogen and oxygen atoms in total. The number of nitro groups is 1. The lowest BCUT2D eigenvalue weighted by Crippen LogP contribution is -2.30. The zero-order chi connectivity index (χ0) is 23.4. The summed E-state index contributed by atoms with van der Waals surface area (Å²) in [6.07, 6.45) is 1.23. The number of hydrazine groups is 1. The number of aryl methyl sites for hydroxylation is 1. The van der Waals surface area contributed by atoms with Crippen LogP contribution in [0.2, 0.25) is 0 Å². The third kappa shape index (κ3) is 4.42. The Balaban J connectivity index is 1.70. The van der Waals surface area contributed by atoms with E-state index in [9.17, 15) is 14.9 Å². The van der Waals surface area contributed by atoms with Crippen LogP contribution >= 0.6 is 0 Å². The van der Waals surface area contributed by atoms with E-state index in [2.05, 4.69) is 20.8 Å². The van der Waals surface area contributed by atoms with E-state index in [0.717, 1.165) is 22.0 Å². The van der Waals surface area contributed by atoms with Crippen LogP contribution in [-0.4, -0.2) is 27.3 Å². The molecule has 3 aromatic carbocycles. The van der Waals surface area contributed by atoms with Crippen molar-refractivity contribution in [2.24, 2.45) is 0 Å². The molecular formula is C24H22N6O3. The number of hydrogen-bond donors (Lipinski definition) is 2. The summed E-state index contributed by atoms with van der Waals surface area (Å²) in [6, 6.07) is 20.5. The first-order valence-corrected chi connectivity index (χ1v) is 10.4. The second-order valence-electron chi connectivity index (χ2n) is 7.34. The zero-order valence-corrected chi connectivity index (χ0v) is 18.1. The van der Waals surface area contributed by atoms with E-state index in [4.69, 9.17) is 0 Å². The Morgan fingerprint density at radius 1 is 1.03 bits per heavy atom. The van der Waals surface area contributed by atoms with Gasteiger partial charge in [0.25, 0.3) is 5.91 Å². The fourth-order valence-corrected chi connectivity index (χ4v) is 3.60. The summed E-state index contributed by atoms with van der Waals surface area (Å²) in [5, 5.41) is 14.0. The molecule has 0 saturated carbocycles. The molecule has 1 aromatic heterocycles. The normalized spacial score (nSPS) is 10.6. The molecule has 0 bridgehead atoms. The molecule has 0 atom stereocenters. The molecule has 0 aliphatic heterocycles. The molecule has 0 aliphatic rings. The van der Waals surface area contributed by atoms with Crippen molar-refractivity contribution in [2.45, 2.75) is 13.8 Å². The van der Waals surface area contributed by atoms with Crippen molar-refractivity contribution in [1.82, 2.24) is 15.4 Å². The van der Waals surface area contributed by atoms with E-state index in [0.29, 0.717) is 12.1 Å². The fourth-order valence-electron chi connectivity index (χ4n) is 3.60. The molecule has 1 amide bonds. The van der Waals surface area contributed by atoms with Gasteiger partial charge >= 0.3 is 5.69 Å². The monoisotopic (exact) mass is 442 g/mol. The summed E-state index contributed by atoms with van der Waals surface area (Å²) in [6.45, 7) is 4.24. The highest BCUT2D eigenvalue weighted by Crippen LogP contribution is 2.38. The van der Waals surface area contributed by atoms with E-state index in [-0.39, 0.29) is 17.3 Å². The highest BCUT2D eigenvalue weighted by molar-refractivity contribution is 5.97. The second-order valence-corrected chi connectivity index (χ2v) is 7.34. The van der Waals surface area contributed by atoms with Gasteiger partial charge in [-0.1, -0.05) is 54.1 Å². The number of rotatable bonds is 7. The Hall–Kier alpha value is -4.53. The quantitative estimate of drug-likeness (QED) is 0.313. The minimum atomic E-state index is -0.552. The number of anilines is 3. The number of hydrogen-bond acceptors (Lipinski definition) is 7. The van der Waals surface area contributed by atoms with E-state index >= 15 is 0 Å². The van der Waals surface area contributed by atoms with Crippen LogP contribution in [0.5, 0.6) is 0 Å². The minimum Gasteiger partial charge on any atom is -0.320 e. The lowest BCUT2D eigenvalue weighted by molar-refractivity contribution is -0.383. The molecule has 4 aromatic rings. The smallest absolute Gasteiger partial charge is 0.320 e. The first-order chi connectivity index (χ1) is 16.0. The molecule has 0 spiro atoms.